The molecule has 0 saturated carbocycles. The van der Waals surface area contributed by atoms with Crippen LogP contribution < -0.4 is 10.1 Å². The lowest BCUT2D eigenvalue weighted by Crippen LogP contribution is -2.19. The smallest absolute Gasteiger partial charge is 0.264 e. The van der Waals surface area contributed by atoms with Crippen LogP contribution in [0.2, 0.25) is 5.02 Å². The number of hydrogen-bond acceptors (Lipinski definition) is 4. The molecule has 1 fully saturated rings. The first kappa shape index (κ1) is 23.1. The largest absolute Gasteiger partial charge is 0.489 e. The molecule has 4 nitrogen and oxygen atoms in total. The van der Waals surface area contributed by atoms with Crippen LogP contribution >= 0.6 is 23.4 Å². The summed E-state index contributed by atoms with van der Waals surface area (Å²) in [5, 5.41) is 4.15. The van der Waals surface area contributed by atoms with Crippen LogP contribution in [-0.2, 0) is 17.8 Å². The van der Waals surface area contributed by atoms with Gasteiger partial charge in [0, 0.05) is 5.02 Å². The van der Waals surface area contributed by atoms with Crippen LogP contribution in [0.25, 0.3) is 6.08 Å². The molecule has 0 radical (unpaired) electrons. The molecule has 4 rings (SSSR count). The van der Waals surface area contributed by atoms with Gasteiger partial charge in [0.25, 0.3) is 5.91 Å². The highest BCUT2D eigenvalue weighted by Crippen LogP contribution is 2.28. The maximum absolute atomic E-state index is 12.4. The topological polar surface area (TPSA) is 50.7 Å². The Bertz CT molecular complexity index is 1150. The van der Waals surface area contributed by atoms with Crippen molar-refractivity contribution in [2.45, 2.75) is 32.8 Å². The minimum Gasteiger partial charge on any atom is -0.489 e. The standard InChI is InChI=1S/C27H25ClN2O2S/c1-2-3-4-19-7-13-23(14-8-19)29-27-30-26(31)25(33-27)17-20-9-15-24(16-10-20)32-18-21-5-11-22(28)12-6-21/h5-17H,2-4,18H2,1H3,(H,29,30,31)/b25-17-. The first-order valence-electron chi connectivity index (χ1n) is 10.9. The molecular weight excluding hydrogens is 452 g/mol. The van der Waals surface area contributed by atoms with E-state index in [2.05, 4.69) is 29.4 Å². The second-order valence-electron chi connectivity index (χ2n) is 7.74. The Kier molecular flexibility index (Phi) is 7.87. The third kappa shape index (κ3) is 6.73. The molecule has 1 aliphatic rings. The van der Waals surface area contributed by atoms with Crippen molar-refractivity contribution < 1.29 is 9.53 Å². The highest BCUT2D eigenvalue weighted by Gasteiger charge is 2.23. The Balaban J connectivity index is 1.36. The summed E-state index contributed by atoms with van der Waals surface area (Å²) in [5.74, 6) is 0.627. The number of nitrogens with one attached hydrogen (secondary N) is 1. The SMILES string of the molecule is CCCCc1ccc(N=C2NC(=O)/C(=C/c3ccc(OCc4ccc(Cl)cc4)cc3)S2)cc1. The van der Waals surface area contributed by atoms with E-state index >= 15 is 0 Å². The minimum atomic E-state index is -0.138. The molecule has 1 saturated heterocycles. The van der Waals surface area contributed by atoms with Crippen molar-refractivity contribution in [3.05, 3.63) is 99.4 Å². The van der Waals surface area contributed by atoms with Crippen molar-refractivity contribution >= 4 is 46.2 Å². The maximum atomic E-state index is 12.4. The summed E-state index contributed by atoms with van der Waals surface area (Å²) in [4.78, 5) is 17.6. The first-order chi connectivity index (χ1) is 16.1. The van der Waals surface area contributed by atoms with Crippen LogP contribution in [0.4, 0.5) is 5.69 Å². The van der Waals surface area contributed by atoms with Crippen LogP contribution in [0.5, 0.6) is 5.75 Å². The zero-order valence-corrected chi connectivity index (χ0v) is 20.0. The van der Waals surface area contributed by atoms with Gasteiger partial charge in [-0.05, 0) is 83.8 Å². The summed E-state index contributed by atoms with van der Waals surface area (Å²) in [6, 6.07) is 23.4. The zero-order valence-electron chi connectivity index (χ0n) is 18.4. The van der Waals surface area contributed by atoms with E-state index in [0.717, 1.165) is 29.0 Å². The molecule has 1 aliphatic heterocycles. The Hall–Kier alpha value is -3.02. The number of ether oxygens (including phenoxy) is 1. The number of nitrogens with zero attached hydrogens (tertiary/aromatic N) is 1. The Morgan fingerprint density at radius 3 is 2.36 bits per heavy atom. The van der Waals surface area contributed by atoms with Gasteiger partial charge in [0.2, 0.25) is 0 Å². The average molecular weight is 477 g/mol. The highest BCUT2D eigenvalue weighted by atomic mass is 35.5. The number of aliphatic imine (C=N–C) groups is 1. The molecule has 0 bridgehead atoms. The van der Waals surface area contributed by atoms with Gasteiger partial charge in [0.05, 0.1) is 10.6 Å². The molecule has 1 N–H and O–H groups in total. The molecule has 3 aromatic carbocycles. The van der Waals surface area contributed by atoms with Gasteiger partial charge >= 0.3 is 0 Å². The van der Waals surface area contributed by atoms with E-state index in [1.807, 2.05) is 66.7 Å². The number of amides is 1. The molecule has 1 amide bonds. The van der Waals surface area contributed by atoms with E-state index in [1.165, 1.54) is 30.2 Å². The lowest BCUT2D eigenvalue weighted by molar-refractivity contribution is -0.115. The zero-order chi connectivity index (χ0) is 23.0. The molecule has 0 atom stereocenters. The van der Waals surface area contributed by atoms with Gasteiger partial charge in [0.15, 0.2) is 5.17 Å². The third-order valence-corrected chi connectivity index (χ3v) is 6.30. The molecule has 0 spiro atoms. The molecule has 6 heteroatoms. The fourth-order valence-corrected chi connectivity index (χ4v) is 4.24. The van der Waals surface area contributed by atoms with Crippen molar-refractivity contribution in [2.24, 2.45) is 4.99 Å². The van der Waals surface area contributed by atoms with Crippen LogP contribution in [0.1, 0.15) is 36.5 Å². The van der Waals surface area contributed by atoms with Gasteiger partial charge in [-0.25, -0.2) is 4.99 Å². The number of carbonyl (C=O) groups is 1. The number of hydrogen-bond donors (Lipinski definition) is 1. The summed E-state index contributed by atoms with van der Waals surface area (Å²) < 4.78 is 5.82. The van der Waals surface area contributed by atoms with Crippen molar-refractivity contribution in [3.8, 4) is 5.75 Å². The van der Waals surface area contributed by atoms with Crippen molar-refractivity contribution in [1.82, 2.24) is 5.32 Å². The van der Waals surface area contributed by atoms with E-state index in [0.29, 0.717) is 21.7 Å². The van der Waals surface area contributed by atoms with E-state index in [-0.39, 0.29) is 5.91 Å². The van der Waals surface area contributed by atoms with Gasteiger partial charge in [-0.3, -0.25) is 4.79 Å². The fraction of sp³-hybridized carbons (Fsp3) is 0.185. The molecule has 3 aromatic rings. The van der Waals surface area contributed by atoms with Crippen LogP contribution in [0.3, 0.4) is 0 Å². The van der Waals surface area contributed by atoms with Crippen LogP contribution in [0, 0.1) is 0 Å². The Morgan fingerprint density at radius 2 is 1.67 bits per heavy atom. The summed E-state index contributed by atoms with van der Waals surface area (Å²) >= 11 is 7.26. The number of carbonyl (C=O) groups excluding carboxylic acids is 1. The highest BCUT2D eigenvalue weighted by molar-refractivity contribution is 8.18. The predicted molar refractivity (Wildman–Crippen MR) is 138 cm³/mol. The fourth-order valence-electron chi connectivity index (χ4n) is 3.27. The third-order valence-electron chi connectivity index (χ3n) is 5.13. The van der Waals surface area contributed by atoms with E-state index < -0.39 is 0 Å². The van der Waals surface area contributed by atoms with Gasteiger partial charge < -0.3 is 10.1 Å². The summed E-state index contributed by atoms with van der Waals surface area (Å²) in [7, 11) is 0. The van der Waals surface area contributed by atoms with Crippen molar-refractivity contribution in [3.63, 3.8) is 0 Å². The summed E-state index contributed by atoms with van der Waals surface area (Å²) in [6.07, 6.45) is 5.31. The normalized spacial score (nSPS) is 15.8. The number of unbranched alkanes of at least 4 members (excludes halogenated alkanes) is 1. The quantitative estimate of drug-likeness (QED) is 0.351. The molecule has 0 aliphatic carbocycles. The number of amidine groups is 1. The Labute approximate surface area is 203 Å². The van der Waals surface area contributed by atoms with Crippen LogP contribution in [0.15, 0.2) is 82.7 Å². The van der Waals surface area contributed by atoms with Gasteiger partial charge in [-0.1, -0.05) is 61.3 Å². The number of aryl methyl sites for hydroxylation is 1. The second kappa shape index (κ2) is 11.2. The van der Waals surface area contributed by atoms with E-state index in [9.17, 15) is 4.79 Å². The predicted octanol–water partition coefficient (Wildman–Crippen LogP) is 7.15. The Morgan fingerprint density at radius 1 is 0.970 bits per heavy atom. The summed E-state index contributed by atoms with van der Waals surface area (Å²) in [5.41, 5.74) is 4.12. The van der Waals surface area contributed by atoms with Crippen molar-refractivity contribution in [1.29, 1.82) is 0 Å². The number of halogens is 1. The summed E-state index contributed by atoms with van der Waals surface area (Å²) in [6.45, 7) is 2.66. The van der Waals surface area contributed by atoms with Gasteiger partial charge in [-0.2, -0.15) is 0 Å². The second-order valence-corrected chi connectivity index (χ2v) is 9.20. The minimum absolute atomic E-state index is 0.138. The average Bonchev–Trinajstić information content (AvgIpc) is 3.17. The van der Waals surface area contributed by atoms with E-state index in [1.54, 1.807) is 0 Å². The molecule has 0 unspecified atom stereocenters. The first-order valence-corrected chi connectivity index (χ1v) is 12.1. The molecule has 0 aromatic heterocycles. The maximum Gasteiger partial charge on any atom is 0.264 e. The monoisotopic (exact) mass is 476 g/mol. The van der Waals surface area contributed by atoms with Crippen molar-refractivity contribution in [2.75, 3.05) is 0 Å². The molecule has 33 heavy (non-hydrogen) atoms. The number of rotatable bonds is 8. The van der Waals surface area contributed by atoms with Gasteiger partial charge in [0.1, 0.15) is 12.4 Å². The molecular formula is C27H25ClN2O2S. The van der Waals surface area contributed by atoms with E-state index in [4.69, 9.17) is 16.3 Å². The van der Waals surface area contributed by atoms with Gasteiger partial charge in [-0.15, -0.1) is 0 Å². The van der Waals surface area contributed by atoms with Crippen LogP contribution in [-0.4, -0.2) is 11.1 Å². The number of thioether (sulfide) groups is 1. The number of benzene rings is 3. The molecule has 168 valence electrons. The molecule has 1 heterocycles. The lowest BCUT2D eigenvalue weighted by Gasteiger charge is -2.06. The lowest BCUT2D eigenvalue weighted by atomic mass is 10.1.